The van der Waals surface area contributed by atoms with E-state index in [1.54, 1.807) is 0 Å². The zero-order valence-electron chi connectivity index (χ0n) is 39.4. The Hall–Kier alpha value is -8.70. The largest absolute Gasteiger partial charge is 0.310 e. The molecule has 13 aromatic rings. The molecule has 4 heteroatoms. The maximum atomic E-state index is 2.46. The summed E-state index contributed by atoms with van der Waals surface area (Å²) in [5.41, 5.74) is 17.6. The van der Waals surface area contributed by atoms with Crippen molar-refractivity contribution < 1.29 is 0 Å². The third-order valence-electron chi connectivity index (χ3n) is 14.9. The smallest absolute Gasteiger partial charge is 0.0542 e. The lowest BCUT2D eigenvalue weighted by atomic mass is 9.82. The molecule has 1 aliphatic rings. The molecule has 0 saturated carbocycles. The number of benzene rings is 11. The van der Waals surface area contributed by atoms with Crippen LogP contribution in [-0.4, -0.2) is 4.57 Å². The van der Waals surface area contributed by atoms with E-state index < -0.39 is 0 Å². The molecule has 0 atom stereocenters. The fraction of sp³-hybridized carbons (Fsp3) is 0.0448. The summed E-state index contributed by atoms with van der Waals surface area (Å²) in [6, 6.07) is 91.7. The predicted octanol–water partition coefficient (Wildman–Crippen LogP) is 19.2. The second-order valence-electron chi connectivity index (χ2n) is 19.3. The van der Waals surface area contributed by atoms with Crippen LogP contribution in [0.3, 0.4) is 0 Å². The summed E-state index contributed by atoms with van der Waals surface area (Å²) >= 11 is 1.89. The van der Waals surface area contributed by atoms with Gasteiger partial charge in [0.1, 0.15) is 0 Å². The second kappa shape index (κ2) is 16.2. The average molecular weight is 926 g/mol. The summed E-state index contributed by atoms with van der Waals surface area (Å²) in [6.45, 7) is 4.73. The lowest BCUT2D eigenvalue weighted by Crippen LogP contribution is -2.15. The fourth-order valence-electron chi connectivity index (χ4n) is 11.6. The van der Waals surface area contributed by atoms with E-state index in [1.807, 2.05) is 11.3 Å². The highest BCUT2D eigenvalue weighted by atomic mass is 32.1. The van der Waals surface area contributed by atoms with E-state index >= 15 is 0 Å². The van der Waals surface area contributed by atoms with E-state index in [4.69, 9.17) is 0 Å². The van der Waals surface area contributed by atoms with Crippen molar-refractivity contribution in [2.24, 2.45) is 0 Å². The number of para-hydroxylation sites is 4. The van der Waals surface area contributed by atoms with Crippen molar-refractivity contribution in [2.75, 3.05) is 9.80 Å². The molecule has 0 N–H and O–H groups in total. The van der Waals surface area contributed by atoms with Crippen molar-refractivity contribution >= 4 is 98.2 Å². The molecule has 2 heterocycles. The lowest BCUT2D eigenvalue weighted by molar-refractivity contribution is 0.660. The van der Waals surface area contributed by atoms with Crippen LogP contribution in [0.15, 0.2) is 249 Å². The number of rotatable bonds is 8. The summed E-state index contributed by atoms with van der Waals surface area (Å²) in [5, 5.41) is 7.51. The van der Waals surface area contributed by atoms with Crippen molar-refractivity contribution in [3.05, 3.63) is 260 Å². The van der Waals surface area contributed by atoms with Crippen molar-refractivity contribution in [2.45, 2.75) is 19.3 Å². The maximum Gasteiger partial charge on any atom is 0.0542 e. The summed E-state index contributed by atoms with van der Waals surface area (Å²) in [6.07, 6.45) is 0. The van der Waals surface area contributed by atoms with Crippen LogP contribution in [0, 0.1) is 0 Å². The Labute approximate surface area is 417 Å². The van der Waals surface area contributed by atoms with E-state index in [9.17, 15) is 0 Å². The summed E-state index contributed by atoms with van der Waals surface area (Å²) in [4.78, 5) is 4.84. The highest BCUT2D eigenvalue weighted by molar-refractivity contribution is 7.26. The molecular weight excluding hydrogens is 879 g/mol. The number of hydrogen-bond donors (Lipinski definition) is 0. The Balaban J connectivity index is 1.02. The Morgan fingerprint density at radius 2 is 0.887 bits per heavy atom. The maximum absolute atomic E-state index is 2.46. The molecule has 14 rings (SSSR count). The molecule has 3 nitrogen and oxygen atoms in total. The van der Waals surface area contributed by atoms with E-state index in [1.165, 1.54) is 86.3 Å². The van der Waals surface area contributed by atoms with Gasteiger partial charge in [0.2, 0.25) is 0 Å². The van der Waals surface area contributed by atoms with Crippen molar-refractivity contribution in [3.63, 3.8) is 0 Å². The molecule has 0 fully saturated rings. The van der Waals surface area contributed by atoms with E-state index in [-0.39, 0.29) is 5.41 Å². The Bertz CT molecular complexity index is 4170. The molecule has 0 bridgehead atoms. The number of fused-ring (bicyclic) bond motifs is 11. The zero-order valence-corrected chi connectivity index (χ0v) is 40.2. The average Bonchev–Trinajstić information content (AvgIpc) is 4.04. The first-order valence-electron chi connectivity index (χ1n) is 24.5. The van der Waals surface area contributed by atoms with Crippen molar-refractivity contribution in [1.82, 2.24) is 4.57 Å². The van der Waals surface area contributed by atoms with E-state index in [0.29, 0.717) is 0 Å². The normalized spacial score (nSPS) is 12.8. The molecule has 336 valence electrons. The standard InChI is InChI=1S/C67H47N3S/c1-67(2)61-31-17-14-27-53(61)54-36-34-49(42-62(54)67)70-63-32-18-15-28-55(63)59-41-48(35-37-64(59)70)69(47-24-10-5-11-25-47)51-39-44(38-50(40-51)68(45-20-6-3-7-21-45)46-22-8-4-9-23-46)58-43-60-56-29-16-19-33-65(56)71-66(60)57-30-13-12-26-52(57)58/h3-43H,1-2H3. The Morgan fingerprint density at radius 3 is 1.59 bits per heavy atom. The summed E-state index contributed by atoms with van der Waals surface area (Å²) in [7, 11) is 0. The molecule has 1 aliphatic carbocycles. The van der Waals surface area contributed by atoms with Gasteiger partial charge in [0, 0.05) is 81.6 Å². The van der Waals surface area contributed by atoms with Gasteiger partial charge in [0.25, 0.3) is 0 Å². The first-order valence-corrected chi connectivity index (χ1v) is 25.3. The van der Waals surface area contributed by atoms with Crippen LogP contribution in [0.25, 0.3) is 80.7 Å². The molecule has 71 heavy (non-hydrogen) atoms. The molecule has 0 radical (unpaired) electrons. The number of aromatic nitrogens is 1. The van der Waals surface area contributed by atoms with Crippen LogP contribution < -0.4 is 9.80 Å². The minimum absolute atomic E-state index is 0.108. The number of nitrogens with zero attached hydrogens (tertiary/aromatic N) is 3. The third-order valence-corrected chi connectivity index (χ3v) is 16.1. The van der Waals surface area contributed by atoms with Gasteiger partial charge in [0.05, 0.1) is 11.0 Å². The van der Waals surface area contributed by atoms with Gasteiger partial charge < -0.3 is 14.4 Å². The van der Waals surface area contributed by atoms with Gasteiger partial charge in [-0.2, -0.15) is 0 Å². The molecule has 0 unspecified atom stereocenters. The molecule has 0 saturated heterocycles. The number of anilines is 6. The van der Waals surface area contributed by atoms with Crippen LogP contribution in [0.2, 0.25) is 0 Å². The second-order valence-corrected chi connectivity index (χ2v) is 20.4. The van der Waals surface area contributed by atoms with Gasteiger partial charge in [0.15, 0.2) is 0 Å². The minimum Gasteiger partial charge on any atom is -0.310 e. The molecule has 0 amide bonds. The van der Waals surface area contributed by atoms with Gasteiger partial charge in [-0.3, -0.25) is 0 Å². The van der Waals surface area contributed by atoms with Gasteiger partial charge in [-0.15, -0.1) is 11.3 Å². The minimum atomic E-state index is -0.108. The van der Waals surface area contributed by atoms with Gasteiger partial charge >= 0.3 is 0 Å². The van der Waals surface area contributed by atoms with Gasteiger partial charge in [-0.1, -0.05) is 159 Å². The van der Waals surface area contributed by atoms with Crippen LogP contribution >= 0.6 is 11.3 Å². The van der Waals surface area contributed by atoms with Crippen LogP contribution in [0.4, 0.5) is 34.1 Å². The SMILES string of the molecule is CC1(C)c2ccccc2-c2ccc(-n3c4ccccc4c4cc(N(c5ccccc5)c5cc(-c6cc7c8ccccc8sc7c7ccccc67)cc(N(c6ccccc6)c6ccccc6)c5)ccc43)cc21. The van der Waals surface area contributed by atoms with Crippen LogP contribution in [0.5, 0.6) is 0 Å². The fourth-order valence-corrected chi connectivity index (χ4v) is 12.9. The van der Waals surface area contributed by atoms with Crippen molar-refractivity contribution in [1.29, 1.82) is 0 Å². The number of thiophene rings is 1. The molecule has 2 aromatic heterocycles. The van der Waals surface area contributed by atoms with E-state index in [0.717, 1.165) is 39.7 Å². The zero-order chi connectivity index (χ0) is 47.2. The lowest BCUT2D eigenvalue weighted by Gasteiger charge is -2.30. The molecular formula is C67H47N3S. The topological polar surface area (TPSA) is 11.4 Å². The highest BCUT2D eigenvalue weighted by Gasteiger charge is 2.35. The molecule has 11 aromatic carbocycles. The van der Waals surface area contributed by atoms with Crippen LogP contribution in [0.1, 0.15) is 25.0 Å². The monoisotopic (exact) mass is 925 g/mol. The van der Waals surface area contributed by atoms with Gasteiger partial charge in [-0.05, 0) is 142 Å². The van der Waals surface area contributed by atoms with Gasteiger partial charge in [-0.25, -0.2) is 0 Å². The number of hydrogen-bond acceptors (Lipinski definition) is 3. The summed E-state index contributed by atoms with van der Waals surface area (Å²) < 4.78 is 5.09. The quantitative estimate of drug-likeness (QED) is 0.150. The molecule has 0 spiro atoms. The third kappa shape index (κ3) is 6.56. The van der Waals surface area contributed by atoms with E-state index in [2.05, 4.69) is 277 Å². The van der Waals surface area contributed by atoms with Crippen LogP contribution in [-0.2, 0) is 5.41 Å². The molecule has 0 aliphatic heterocycles. The Kier molecular flexibility index (Phi) is 9.42. The Morgan fingerprint density at radius 1 is 0.338 bits per heavy atom. The van der Waals surface area contributed by atoms with Crippen molar-refractivity contribution in [3.8, 4) is 27.9 Å². The predicted molar refractivity (Wildman–Crippen MR) is 304 cm³/mol. The first-order chi connectivity index (χ1) is 35.0. The highest BCUT2D eigenvalue weighted by Crippen LogP contribution is 2.51. The summed E-state index contributed by atoms with van der Waals surface area (Å²) in [5.74, 6) is 0. The first kappa shape index (κ1) is 41.3.